The zero-order valence-electron chi connectivity index (χ0n) is 13.9. The molecule has 6 heteroatoms. The number of thiazole rings is 1. The van der Waals surface area contributed by atoms with Gasteiger partial charge in [-0.3, -0.25) is 9.69 Å². The molecule has 1 amide bonds. The summed E-state index contributed by atoms with van der Waals surface area (Å²) in [6.45, 7) is 6.28. The van der Waals surface area contributed by atoms with Crippen LogP contribution in [0.4, 0.5) is 0 Å². The van der Waals surface area contributed by atoms with Gasteiger partial charge in [0.2, 0.25) is 0 Å². The van der Waals surface area contributed by atoms with E-state index >= 15 is 0 Å². The predicted molar refractivity (Wildman–Crippen MR) is 95.5 cm³/mol. The molecule has 0 aliphatic carbocycles. The van der Waals surface area contributed by atoms with Gasteiger partial charge >= 0.3 is 0 Å². The van der Waals surface area contributed by atoms with E-state index in [4.69, 9.17) is 4.74 Å². The third-order valence-corrected chi connectivity index (χ3v) is 4.84. The molecule has 0 bridgehead atoms. The van der Waals surface area contributed by atoms with Crippen molar-refractivity contribution in [1.82, 2.24) is 15.2 Å². The summed E-state index contributed by atoms with van der Waals surface area (Å²) in [7, 11) is 0. The standard InChI is InChI=1S/C18H23N3O2S/c1-14(12-21-7-9-23-10-8-21)19-18(22)16-13-24-17(20-16)11-15-5-3-2-4-6-15/h2-6,13-14H,7-12H2,1H3,(H,19,22). The number of hydrogen-bond donors (Lipinski definition) is 1. The number of aromatic nitrogens is 1. The molecule has 1 aromatic heterocycles. The van der Waals surface area contributed by atoms with Crippen molar-refractivity contribution in [2.24, 2.45) is 0 Å². The van der Waals surface area contributed by atoms with E-state index < -0.39 is 0 Å². The zero-order chi connectivity index (χ0) is 16.8. The number of morpholine rings is 1. The van der Waals surface area contributed by atoms with Crippen molar-refractivity contribution in [3.63, 3.8) is 0 Å². The van der Waals surface area contributed by atoms with Crippen molar-refractivity contribution in [1.29, 1.82) is 0 Å². The summed E-state index contributed by atoms with van der Waals surface area (Å²) in [5.41, 5.74) is 1.72. The van der Waals surface area contributed by atoms with Gasteiger partial charge in [-0.05, 0) is 12.5 Å². The summed E-state index contributed by atoms with van der Waals surface area (Å²) < 4.78 is 5.35. The molecule has 1 fully saturated rings. The molecule has 1 unspecified atom stereocenters. The number of ether oxygens (including phenoxy) is 1. The Hall–Kier alpha value is -1.76. The number of amides is 1. The summed E-state index contributed by atoms with van der Waals surface area (Å²) in [5, 5.41) is 5.85. The molecule has 1 aromatic carbocycles. The highest BCUT2D eigenvalue weighted by Gasteiger charge is 2.17. The number of carbonyl (C=O) groups is 1. The Balaban J connectivity index is 1.51. The minimum Gasteiger partial charge on any atom is -0.379 e. The Morgan fingerprint density at radius 3 is 2.83 bits per heavy atom. The SMILES string of the molecule is CC(CN1CCOCC1)NC(=O)c1csc(Cc2ccccc2)n1. The van der Waals surface area contributed by atoms with Gasteiger partial charge in [-0.1, -0.05) is 30.3 Å². The quantitative estimate of drug-likeness (QED) is 0.872. The first-order valence-electron chi connectivity index (χ1n) is 8.30. The maximum atomic E-state index is 12.4. The molecule has 1 saturated heterocycles. The Bertz CT molecular complexity index is 653. The Morgan fingerprint density at radius 2 is 2.08 bits per heavy atom. The van der Waals surface area contributed by atoms with Crippen molar-refractivity contribution >= 4 is 17.2 Å². The molecule has 0 spiro atoms. The van der Waals surface area contributed by atoms with Crippen molar-refractivity contribution in [2.45, 2.75) is 19.4 Å². The molecule has 24 heavy (non-hydrogen) atoms. The van der Waals surface area contributed by atoms with Crippen LogP contribution in [0.5, 0.6) is 0 Å². The van der Waals surface area contributed by atoms with E-state index in [1.54, 1.807) is 0 Å². The van der Waals surface area contributed by atoms with Gasteiger partial charge in [0.15, 0.2) is 0 Å². The molecule has 5 nitrogen and oxygen atoms in total. The molecule has 1 atom stereocenters. The molecule has 2 aromatic rings. The summed E-state index contributed by atoms with van der Waals surface area (Å²) in [6, 6.07) is 10.3. The van der Waals surface area contributed by atoms with E-state index in [0.29, 0.717) is 5.69 Å². The van der Waals surface area contributed by atoms with Gasteiger partial charge in [0.1, 0.15) is 5.69 Å². The molecule has 128 valence electrons. The molecule has 1 aliphatic rings. The molecule has 2 heterocycles. The smallest absolute Gasteiger partial charge is 0.271 e. The van der Waals surface area contributed by atoms with E-state index in [1.807, 2.05) is 30.5 Å². The number of hydrogen-bond acceptors (Lipinski definition) is 5. The van der Waals surface area contributed by atoms with Crippen LogP contribution in [0.25, 0.3) is 0 Å². The first-order valence-corrected chi connectivity index (χ1v) is 9.18. The average molecular weight is 345 g/mol. The zero-order valence-corrected chi connectivity index (χ0v) is 14.7. The van der Waals surface area contributed by atoms with Crippen LogP contribution in [-0.4, -0.2) is 54.7 Å². The van der Waals surface area contributed by atoms with Crippen molar-refractivity contribution < 1.29 is 9.53 Å². The number of rotatable bonds is 6. The summed E-state index contributed by atoms with van der Waals surface area (Å²) in [5.74, 6) is -0.0914. The number of benzene rings is 1. The third-order valence-electron chi connectivity index (χ3n) is 4.00. The summed E-state index contributed by atoms with van der Waals surface area (Å²) in [4.78, 5) is 19.1. The van der Waals surface area contributed by atoms with E-state index in [2.05, 4.69) is 27.3 Å². The highest BCUT2D eigenvalue weighted by Crippen LogP contribution is 2.15. The second kappa shape index (κ2) is 8.37. The van der Waals surface area contributed by atoms with Crippen LogP contribution in [0.15, 0.2) is 35.7 Å². The highest BCUT2D eigenvalue weighted by atomic mass is 32.1. The van der Waals surface area contributed by atoms with Crippen LogP contribution >= 0.6 is 11.3 Å². The van der Waals surface area contributed by atoms with Crippen LogP contribution in [0.1, 0.15) is 28.0 Å². The lowest BCUT2D eigenvalue weighted by Gasteiger charge is -2.29. The summed E-state index contributed by atoms with van der Waals surface area (Å²) >= 11 is 1.54. The highest BCUT2D eigenvalue weighted by molar-refractivity contribution is 7.09. The fourth-order valence-corrected chi connectivity index (χ4v) is 3.59. The van der Waals surface area contributed by atoms with Crippen molar-refractivity contribution in [3.8, 4) is 0 Å². The van der Waals surface area contributed by atoms with Crippen LogP contribution in [0.3, 0.4) is 0 Å². The fourth-order valence-electron chi connectivity index (χ4n) is 2.78. The van der Waals surface area contributed by atoms with Crippen LogP contribution in [0, 0.1) is 0 Å². The minimum absolute atomic E-state index is 0.0914. The number of carbonyl (C=O) groups excluding carboxylic acids is 1. The topological polar surface area (TPSA) is 54.5 Å². The lowest BCUT2D eigenvalue weighted by atomic mass is 10.2. The van der Waals surface area contributed by atoms with E-state index in [0.717, 1.165) is 44.3 Å². The normalized spacial score (nSPS) is 16.7. The van der Waals surface area contributed by atoms with Gasteiger partial charge in [-0.15, -0.1) is 11.3 Å². The Morgan fingerprint density at radius 1 is 1.33 bits per heavy atom. The Kier molecular flexibility index (Phi) is 5.96. The minimum atomic E-state index is -0.0914. The fraction of sp³-hybridized carbons (Fsp3) is 0.444. The predicted octanol–water partition coefficient (Wildman–Crippen LogP) is 2.18. The van der Waals surface area contributed by atoms with E-state index in [1.165, 1.54) is 16.9 Å². The van der Waals surface area contributed by atoms with E-state index in [-0.39, 0.29) is 11.9 Å². The number of nitrogens with one attached hydrogen (secondary N) is 1. The third kappa shape index (κ3) is 4.87. The largest absolute Gasteiger partial charge is 0.379 e. The molecular weight excluding hydrogens is 322 g/mol. The second-order valence-electron chi connectivity index (χ2n) is 6.08. The molecule has 0 saturated carbocycles. The molecule has 1 N–H and O–H groups in total. The first kappa shape index (κ1) is 17.1. The monoisotopic (exact) mass is 345 g/mol. The lowest BCUT2D eigenvalue weighted by molar-refractivity contribution is 0.0342. The van der Waals surface area contributed by atoms with Crippen molar-refractivity contribution in [3.05, 3.63) is 52.0 Å². The Labute approximate surface area is 146 Å². The molecular formula is C18H23N3O2S. The van der Waals surface area contributed by atoms with E-state index in [9.17, 15) is 4.79 Å². The van der Waals surface area contributed by atoms with Gasteiger partial charge in [-0.2, -0.15) is 0 Å². The first-order chi connectivity index (χ1) is 11.7. The van der Waals surface area contributed by atoms with Crippen LogP contribution in [0.2, 0.25) is 0 Å². The van der Waals surface area contributed by atoms with Crippen LogP contribution < -0.4 is 5.32 Å². The number of nitrogens with zero attached hydrogens (tertiary/aromatic N) is 2. The molecule has 0 radical (unpaired) electrons. The molecule has 3 rings (SSSR count). The van der Waals surface area contributed by atoms with Gasteiger partial charge in [0.25, 0.3) is 5.91 Å². The maximum absolute atomic E-state index is 12.4. The summed E-state index contributed by atoms with van der Waals surface area (Å²) in [6.07, 6.45) is 0.766. The lowest BCUT2D eigenvalue weighted by Crippen LogP contribution is -2.46. The van der Waals surface area contributed by atoms with Gasteiger partial charge in [0.05, 0.1) is 18.2 Å². The van der Waals surface area contributed by atoms with Gasteiger partial charge in [-0.25, -0.2) is 4.98 Å². The second-order valence-corrected chi connectivity index (χ2v) is 7.02. The van der Waals surface area contributed by atoms with Crippen molar-refractivity contribution in [2.75, 3.05) is 32.8 Å². The molecule has 1 aliphatic heterocycles. The maximum Gasteiger partial charge on any atom is 0.271 e. The average Bonchev–Trinajstić information content (AvgIpc) is 3.05. The van der Waals surface area contributed by atoms with Gasteiger partial charge < -0.3 is 10.1 Å². The van der Waals surface area contributed by atoms with Crippen LogP contribution in [-0.2, 0) is 11.2 Å². The van der Waals surface area contributed by atoms with Gasteiger partial charge in [0, 0.05) is 37.5 Å².